The first-order chi connectivity index (χ1) is 9.19. The van der Waals surface area contributed by atoms with E-state index in [1.54, 1.807) is 0 Å². The average Bonchev–Trinajstić information content (AvgIpc) is 2.41. The van der Waals surface area contributed by atoms with Crippen LogP contribution in [0, 0.1) is 11.8 Å². The minimum absolute atomic E-state index is 0.376. The molecule has 2 rings (SSSR count). The molecular formula is C16H26N2O. The Hall–Kier alpha value is -1.09. The first kappa shape index (κ1) is 14.3. The second-order valence-electron chi connectivity index (χ2n) is 5.77. The molecule has 0 radical (unpaired) electrons. The number of nitrogens with one attached hydrogen (secondary N) is 1. The second-order valence-corrected chi connectivity index (χ2v) is 5.77. The van der Waals surface area contributed by atoms with Crippen molar-refractivity contribution in [2.24, 2.45) is 11.8 Å². The van der Waals surface area contributed by atoms with Crippen LogP contribution >= 0.6 is 0 Å². The lowest BCUT2D eigenvalue weighted by Gasteiger charge is -2.32. The van der Waals surface area contributed by atoms with Crippen molar-refractivity contribution in [2.75, 3.05) is 6.54 Å². The van der Waals surface area contributed by atoms with Gasteiger partial charge in [0.15, 0.2) is 0 Å². The van der Waals surface area contributed by atoms with E-state index < -0.39 is 0 Å². The van der Waals surface area contributed by atoms with Crippen LogP contribution in [0.25, 0.3) is 0 Å². The molecule has 3 unspecified atom stereocenters. The number of hydrogen-bond acceptors (Lipinski definition) is 3. The third-order valence-corrected chi connectivity index (χ3v) is 4.20. The molecule has 1 N–H and O–H groups in total. The maximum Gasteiger partial charge on any atom is 0.123 e. The lowest BCUT2D eigenvalue weighted by Crippen LogP contribution is -2.28. The van der Waals surface area contributed by atoms with Gasteiger partial charge in [-0.05, 0) is 43.7 Å². The highest BCUT2D eigenvalue weighted by molar-refractivity contribution is 5.23. The molecule has 1 aromatic heterocycles. The van der Waals surface area contributed by atoms with Crippen molar-refractivity contribution in [1.82, 2.24) is 10.3 Å². The van der Waals surface area contributed by atoms with Gasteiger partial charge in [-0.1, -0.05) is 20.8 Å². The van der Waals surface area contributed by atoms with E-state index in [0.29, 0.717) is 6.10 Å². The zero-order valence-electron chi connectivity index (χ0n) is 12.4. The van der Waals surface area contributed by atoms with Crippen LogP contribution in [-0.4, -0.2) is 17.6 Å². The molecule has 3 atom stereocenters. The highest BCUT2D eigenvalue weighted by Gasteiger charge is 2.25. The maximum absolute atomic E-state index is 6.13. The summed E-state index contributed by atoms with van der Waals surface area (Å²) >= 11 is 0. The van der Waals surface area contributed by atoms with Crippen molar-refractivity contribution in [3.05, 3.63) is 24.0 Å². The minimum Gasteiger partial charge on any atom is -0.490 e. The van der Waals surface area contributed by atoms with E-state index in [1.807, 2.05) is 12.3 Å². The Labute approximate surface area is 116 Å². The molecule has 3 heteroatoms. The van der Waals surface area contributed by atoms with Gasteiger partial charge in [-0.15, -0.1) is 0 Å². The number of pyridine rings is 1. The SMILES string of the molecule is CCNCc1cc(OC2CCC(C)C(C)C2)ccn1. The summed E-state index contributed by atoms with van der Waals surface area (Å²) in [6.07, 6.45) is 5.85. The average molecular weight is 262 g/mol. The van der Waals surface area contributed by atoms with E-state index in [9.17, 15) is 0 Å². The summed E-state index contributed by atoms with van der Waals surface area (Å²) < 4.78 is 6.13. The van der Waals surface area contributed by atoms with Gasteiger partial charge in [-0.2, -0.15) is 0 Å². The molecule has 0 bridgehead atoms. The summed E-state index contributed by atoms with van der Waals surface area (Å²) in [6, 6.07) is 4.03. The van der Waals surface area contributed by atoms with Crippen LogP contribution < -0.4 is 10.1 Å². The smallest absolute Gasteiger partial charge is 0.123 e. The first-order valence-electron chi connectivity index (χ1n) is 7.51. The second kappa shape index (κ2) is 6.90. The Morgan fingerprint density at radius 2 is 2.16 bits per heavy atom. The summed E-state index contributed by atoms with van der Waals surface area (Å²) in [5, 5.41) is 3.29. The fourth-order valence-corrected chi connectivity index (χ4v) is 2.68. The molecule has 0 amide bonds. The van der Waals surface area contributed by atoms with Crippen LogP contribution in [0.15, 0.2) is 18.3 Å². The zero-order chi connectivity index (χ0) is 13.7. The standard InChI is InChI=1S/C16H26N2O/c1-4-17-11-14-10-16(7-8-18-14)19-15-6-5-12(2)13(3)9-15/h7-8,10,12-13,15,17H,4-6,9,11H2,1-3H3. The Bertz CT molecular complexity index is 394. The number of nitrogens with zero attached hydrogens (tertiary/aromatic N) is 1. The quantitative estimate of drug-likeness (QED) is 0.883. The molecule has 1 aliphatic carbocycles. The molecule has 0 saturated heterocycles. The van der Waals surface area contributed by atoms with Crippen LogP contribution in [-0.2, 0) is 6.54 Å². The molecule has 19 heavy (non-hydrogen) atoms. The van der Waals surface area contributed by atoms with Gasteiger partial charge >= 0.3 is 0 Å². The van der Waals surface area contributed by atoms with Crippen LogP contribution in [0.2, 0.25) is 0 Å². The first-order valence-corrected chi connectivity index (χ1v) is 7.51. The number of hydrogen-bond donors (Lipinski definition) is 1. The fraction of sp³-hybridized carbons (Fsp3) is 0.688. The van der Waals surface area contributed by atoms with Crippen molar-refractivity contribution in [2.45, 2.75) is 52.7 Å². The Morgan fingerprint density at radius 3 is 2.89 bits per heavy atom. The molecule has 1 aromatic rings. The van der Waals surface area contributed by atoms with E-state index in [-0.39, 0.29) is 0 Å². The Morgan fingerprint density at radius 1 is 1.32 bits per heavy atom. The molecule has 0 spiro atoms. The molecule has 1 heterocycles. The van der Waals surface area contributed by atoms with Crippen molar-refractivity contribution in [3.8, 4) is 5.75 Å². The van der Waals surface area contributed by atoms with Gasteiger partial charge in [0, 0.05) is 18.8 Å². The maximum atomic E-state index is 6.13. The third kappa shape index (κ3) is 4.20. The van der Waals surface area contributed by atoms with Crippen molar-refractivity contribution in [1.29, 1.82) is 0 Å². The van der Waals surface area contributed by atoms with Gasteiger partial charge in [-0.3, -0.25) is 4.98 Å². The predicted octanol–water partition coefficient (Wildman–Crippen LogP) is 3.39. The van der Waals surface area contributed by atoms with Crippen molar-refractivity contribution < 1.29 is 4.74 Å². The summed E-state index contributed by atoms with van der Waals surface area (Å²) in [4.78, 5) is 4.35. The van der Waals surface area contributed by atoms with Gasteiger partial charge < -0.3 is 10.1 Å². The zero-order valence-corrected chi connectivity index (χ0v) is 12.4. The minimum atomic E-state index is 0.376. The highest BCUT2D eigenvalue weighted by atomic mass is 16.5. The molecule has 106 valence electrons. The topological polar surface area (TPSA) is 34.1 Å². The monoisotopic (exact) mass is 262 g/mol. The van der Waals surface area contributed by atoms with Crippen molar-refractivity contribution >= 4 is 0 Å². The van der Waals surface area contributed by atoms with Gasteiger partial charge in [0.25, 0.3) is 0 Å². The van der Waals surface area contributed by atoms with Crippen molar-refractivity contribution in [3.63, 3.8) is 0 Å². The Kier molecular flexibility index (Phi) is 5.20. The fourth-order valence-electron chi connectivity index (χ4n) is 2.68. The Balaban J connectivity index is 1.91. The largest absolute Gasteiger partial charge is 0.490 e. The molecule has 1 saturated carbocycles. The lowest BCUT2D eigenvalue weighted by molar-refractivity contribution is 0.100. The van der Waals surface area contributed by atoms with Gasteiger partial charge in [0.1, 0.15) is 5.75 Å². The number of aromatic nitrogens is 1. The van der Waals surface area contributed by atoms with E-state index in [2.05, 4.69) is 37.1 Å². The summed E-state index contributed by atoms with van der Waals surface area (Å²) in [6.45, 7) is 8.56. The highest BCUT2D eigenvalue weighted by Crippen LogP contribution is 2.31. The summed E-state index contributed by atoms with van der Waals surface area (Å²) in [7, 11) is 0. The van der Waals surface area contributed by atoms with Gasteiger partial charge in [0.05, 0.1) is 11.8 Å². The van der Waals surface area contributed by atoms with Gasteiger partial charge in [-0.25, -0.2) is 0 Å². The van der Waals surface area contributed by atoms with Gasteiger partial charge in [0.2, 0.25) is 0 Å². The van der Waals surface area contributed by atoms with Crippen LogP contribution in [0.1, 0.15) is 45.7 Å². The van der Waals surface area contributed by atoms with Crippen LogP contribution in [0.5, 0.6) is 5.75 Å². The predicted molar refractivity (Wildman–Crippen MR) is 78.2 cm³/mol. The molecule has 1 fully saturated rings. The van der Waals surface area contributed by atoms with E-state index in [4.69, 9.17) is 4.74 Å². The summed E-state index contributed by atoms with van der Waals surface area (Å²) in [5.74, 6) is 2.57. The van der Waals surface area contributed by atoms with E-state index >= 15 is 0 Å². The molecule has 0 aromatic carbocycles. The molecular weight excluding hydrogens is 236 g/mol. The van der Waals surface area contributed by atoms with E-state index in [0.717, 1.165) is 36.4 Å². The molecule has 3 nitrogen and oxygen atoms in total. The third-order valence-electron chi connectivity index (χ3n) is 4.20. The lowest BCUT2D eigenvalue weighted by atomic mass is 9.80. The normalized spacial score (nSPS) is 27.2. The number of ether oxygens (including phenoxy) is 1. The van der Waals surface area contributed by atoms with E-state index in [1.165, 1.54) is 19.3 Å². The molecule has 1 aliphatic rings. The summed E-state index contributed by atoms with van der Waals surface area (Å²) in [5.41, 5.74) is 1.05. The van der Waals surface area contributed by atoms with Crippen LogP contribution in [0.3, 0.4) is 0 Å². The molecule has 0 aliphatic heterocycles. The number of rotatable bonds is 5. The van der Waals surface area contributed by atoms with Crippen LogP contribution in [0.4, 0.5) is 0 Å².